The van der Waals surface area contributed by atoms with Crippen LogP contribution in [0.15, 0.2) is 94.4 Å². The number of benzene rings is 3. The molecule has 3 heterocycles. The van der Waals surface area contributed by atoms with Crippen molar-refractivity contribution in [3.8, 4) is 0 Å². The van der Waals surface area contributed by atoms with Gasteiger partial charge < -0.3 is 0 Å². The Hall–Kier alpha value is -2.74. The summed E-state index contributed by atoms with van der Waals surface area (Å²) in [6.45, 7) is 0. The fraction of sp³-hybridized carbons (Fsp3) is 0.160. The van der Waals surface area contributed by atoms with Gasteiger partial charge in [-0.1, -0.05) is 88.4 Å². The molecule has 0 bridgehead atoms. The molecule has 1 unspecified atom stereocenters. The second kappa shape index (κ2) is 7.40. The molecule has 1 N–H and O–H groups in total. The third-order valence-corrected chi connectivity index (χ3v) is 8.47. The Morgan fingerprint density at radius 1 is 0.875 bits per heavy atom. The summed E-state index contributed by atoms with van der Waals surface area (Å²) >= 11 is 5.02. The Morgan fingerprint density at radius 3 is 2.22 bits per heavy atom. The van der Waals surface area contributed by atoms with Crippen LogP contribution in [0.25, 0.3) is 0 Å². The first-order valence-corrected chi connectivity index (χ1v) is 12.0. The van der Waals surface area contributed by atoms with Crippen LogP contribution in [0, 0.1) is 5.92 Å². The zero-order valence-electron chi connectivity index (χ0n) is 16.8. The van der Waals surface area contributed by atoms with E-state index in [4.69, 9.17) is 4.99 Å². The van der Waals surface area contributed by atoms with Crippen molar-refractivity contribution >= 4 is 50.2 Å². The van der Waals surface area contributed by atoms with E-state index in [0.29, 0.717) is 5.69 Å². The Kier molecular flexibility index (Phi) is 4.61. The lowest BCUT2D eigenvalue weighted by Gasteiger charge is -2.32. The highest BCUT2D eigenvalue weighted by Crippen LogP contribution is 2.58. The molecule has 6 rings (SSSR count). The Morgan fingerprint density at radius 2 is 1.53 bits per heavy atom. The van der Waals surface area contributed by atoms with Gasteiger partial charge in [-0.25, -0.2) is 4.90 Å². The highest BCUT2D eigenvalue weighted by atomic mass is 79.9. The number of fused-ring (bicyclic) bond motifs is 3. The number of aliphatic imine (C=N–C) groups is 1. The minimum atomic E-state index is -0.687. The van der Waals surface area contributed by atoms with Crippen molar-refractivity contribution in [3.05, 3.63) is 101 Å². The van der Waals surface area contributed by atoms with Gasteiger partial charge in [0.25, 0.3) is 5.91 Å². The standard InChI is InChI=1S/C25H18BrN3O2S/c26-17-11-13-18(14-12-17)29-22(30)19-20(23(29)31)27-24-25(19,16-9-5-2-6-10-16)32-21(28-24)15-7-3-1-4-8-15/h1-14,19-20,24,27H/t19-,20+,24?,25+/m1/s1. The summed E-state index contributed by atoms with van der Waals surface area (Å²) in [6.07, 6.45) is -0.361. The predicted molar refractivity (Wildman–Crippen MR) is 130 cm³/mol. The normalized spacial score (nSPS) is 28.6. The van der Waals surface area contributed by atoms with E-state index >= 15 is 0 Å². The number of hydrogen-bond acceptors (Lipinski definition) is 5. The summed E-state index contributed by atoms with van der Waals surface area (Å²) in [4.78, 5) is 33.5. The lowest BCUT2D eigenvalue weighted by atomic mass is 9.83. The Labute approximate surface area is 198 Å². The number of nitrogens with zero attached hydrogens (tertiary/aromatic N) is 2. The lowest BCUT2D eigenvalue weighted by Crippen LogP contribution is -2.44. The molecule has 7 heteroatoms. The highest BCUT2D eigenvalue weighted by Gasteiger charge is 2.69. The van der Waals surface area contributed by atoms with Crippen molar-refractivity contribution in [3.63, 3.8) is 0 Å². The van der Waals surface area contributed by atoms with E-state index in [0.717, 1.165) is 20.6 Å². The molecule has 0 aliphatic carbocycles. The summed E-state index contributed by atoms with van der Waals surface area (Å²) in [7, 11) is 0. The largest absolute Gasteiger partial charge is 0.282 e. The molecule has 3 aliphatic heterocycles. The smallest absolute Gasteiger partial charge is 0.251 e. The molecule has 3 aliphatic rings. The molecule has 0 saturated carbocycles. The molecule has 0 spiro atoms. The number of thioether (sulfide) groups is 1. The van der Waals surface area contributed by atoms with Crippen LogP contribution >= 0.6 is 27.7 Å². The van der Waals surface area contributed by atoms with Gasteiger partial charge in [-0.3, -0.25) is 19.9 Å². The number of amides is 2. The third-order valence-electron chi connectivity index (χ3n) is 6.35. The maximum absolute atomic E-state index is 13.8. The first-order chi connectivity index (χ1) is 15.6. The van der Waals surface area contributed by atoms with E-state index in [1.165, 1.54) is 4.90 Å². The fourth-order valence-corrected chi connectivity index (χ4v) is 6.79. The van der Waals surface area contributed by atoms with Crippen LogP contribution in [-0.4, -0.2) is 29.1 Å². The van der Waals surface area contributed by atoms with Gasteiger partial charge in [0.2, 0.25) is 5.91 Å². The Bertz CT molecular complexity index is 1250. The van der Waals surface area contributed by atoms with Crippen LogP contribution in [0.1, 0.15) is 11.1 Å². The fourth-order valence-electron chi connectivity index (χ4n) is 4.94. The number of hydrogen-bond donors (Lipinski definition) is 1. The van der Waals surface area contributed by atoms with Crippen molar-refractivity contribution in [1.29, 1.82) is 0 Å². The number of carbonyl (C=O) groups is 2. The number of rotatable bonds is 3. The zero-order valence-corrected chi connectivity index (χ0v) is 19.2. The summed E-state index contributed by atoms with van der Waals surface area (Å²) in [5.41, 5.74) is 2.61. The number of anilines is 1. The van der Waals surface area contributed by atoms with Gasteiger partial charge in [0, 0.05) is 10.0 Å². The molecule has 32 heavy (non-hydrogen) atoms. The maximum atomic E-state index is 13.8. The molecule has 158 valence electrons. The third kappa shape index (κ3) is 2.78. The summed E-state index contributed by atoms with van der Waals surface area (Å²) < 4.78 is 0.209. The molecule has 2 amide bonds. The lowest BCUT2D eigenvalue weighted by molar-refractivity contribution is -0.123. The molecular formula is C25H18BrN3O2S. The van der Waals surface area contributed by atoms with Gasteiger partial charge in [0.15, 0.2) is 0 Å². The van der Waals surface area contributed by atoms with E-state index in [-0.39, 0.29) is 18.0 Å². The van der Waals surface area contributed by atoms with Crippen molar-refractivity contribution in [2.24, 2.45) is 10.9 Å². The quantitative estimate of drug-likeness (QED) is 0.540. The van der Waals surface area contributed by atoms with Crippen LogP contribution in [0.4, 0.5) is 5.69 Å². The van der Waals surface area contributed by atoms with Crippen molar-refractivity contribution in [2.45, 2.75) is 17.0 Å². The molecule has 5 nitrogen and oxygen atoms in total. The SMILES string of the molecule is O=C1[C@H]2NC3N=C(c4ccccc4)S[C@@]3(c3ccccc3)[C@H]2C(=O)N1c1ccc(Br)cc1. The van der Waals surface area contributed by atoms with Crippen LogP contribution < -0.4 is 10.2 Å². The minimum absolute atomic E-state index is 0.182. The molecule has 0 radical (unpaired) electrons. The minimum Gasteiger partial charge on any atom is -0.282 e. The van der Waals surface area contributed by atoms with Crippen molar-refractivity contribution < 1.29 is 9.59 Å². The zero-order chi connectivity index (χ0) is 21.9. The van der Waals surface area contributed by atoms with Crippen LogP contribution in [0.2, 0.25) is 0 Å². The number of halogens is 1. The number of nitrogens with one attached hydrogen (secondary N) is 1. The first-order valence-electron chi connectivity index (χ1n) is 10.4. The van der Waals surface area contributed by atoms with E-state index in [9.17, 15) is 9.59 Å². The Balaban J connectivity index is 1.46. The van der Waals surface area contributed by atoms with Crippen LogP contribution in [0.3, 0.4) is 0 Å². The maximum Gasteiger partial charge on any atom is 0.251 e. The molecule has 2 saturated heterocycles. The average molecular weight is 504 g/mol. The van der Waals surface area contributed by atoms with Crippen LogP contribution in [0.5, 0.6) is 0 Å². The molecule has 3 aromatic rings. The molecule has 4 atom stereocenters. The topological polar surface area (TPSA) is 61.8 Å². The summed E-state index contributed by atoms with van der Waals surface area (Å²) in [6, 6.07) is 26.6. The van der Waals surface area contributed by atoms with Gasteiger partial charge in [0.05, 0.1) is 16.4 Å². The molecular weight excluding hydrogens is 486 g/mol. The van der Waals surface area contributed by atoms with Gasteiger partial charge in [0.1, 0.15) is 17.3 Å². The van der Waals surface area contributed by atoms with E-state index < -0.39 is 16.7 Å². The number of carbonyl (C=O) groups excluding carboxylic acids is 2. The average Bonchev–Trinajstić information content (AvgIpc) is 3.43. The molecule has 3 aromatic carbocycles. The van der Waals surface area contributed by atoms with Crippen LogP contribution in [-0.2, 0) is 14.3 Å². The van der Waals surface area contributed by atoms with Crippen molar-refractivity contribution in [1.82, 2.24) is 5.32 Å². The van der Waals surface area contributed by atoms with E-state index in [2.05, 4.69) is 21.2 Å². The van der Waals surface area contributed by atoms with Gasteiger partial charge in [-0.05, 0) is 29.8 Å². The van der Waals surface area contributed by atoms with Gasteiger partial charge in [-0.15, -0.1) is 0 Å². The molecule has 0 aromatic heterocycles. The van der Waals surface area contributed by atoms with Gasteiger partial charge in [-0.2, -0.15) is 0 Å². The first kappa shape index (κ1) is 19.9. The van der Waals surface area contributed by atoms with Crippen molar-refractivity contribution in [2.75, 3.05) is 4.90 Å². The predicted octanol–water partition coefficient (Wildman–Crippen LogP) is 4.33. The molecule has 2 fully saturated rings. The van der Waals surface area contributed by atoms with E-state index in [1.807, 2.05) is 72.8 Å². The second-order valence-electron chi connectivity index (χ2n) is 8.07. The summed E-state index contributed by atoms with van der Waals surface area (Å²) in [5.74, 6) is -0.955. The second-order valence-corrected chi connectivity index (χ2v) is 10.3. The number of imide groups is 1. The summed E-state index contributed by atoms with van der Waals surface area (Å²) in [5, 5.41) is 4.30. The monoisotopic (exact) mass is 503 g/mol. The highest BCUT2D eigenvalue weighted by molar-refractivity contribution is 9.10. The van der Waals surface area contributed by atoms with Gasteiger partial charge >= 0.3 is 0 Å². The van der Waals surface area contributed by atoms with E-state index in [1.54, 1.807) is 23.9 Å².